The van der Waals surface area contributed by atoms with Crippen LogP contribution in [0.1, 0.15) is 41.4 Å². The number of halogens is 1. The number of carboxylic acid groups (broad SMARTS) is 1. The normalized spacial score (nSPS) is 24.2. The molecule has 0 aliphatic heterocycles. The van der Waals surface area contributed by atoms with E-state index in [-0.39, 0.29) is 35.7 Å². The second-order valence-electron chi connectivity index (χ2n) is 8.18. The maximum Gasteiger partial charge on any atom is 0.341 e. The molecule has 2 fully saturated rings. The predicted octanol–water partition coefficient (Wildman–Crippen LogP) is 4.72. The lowest BCUT2D eigenvalue weighted by atomic mass is 9.78. The number of esters is 1. The van der Waals surface area contributed by atoms with Gasteiger partial charge in [-0.2, -0.15) is 0 Å². The number of aryl methyl sites for hydroxylation is 1. The second-order valence-corrected chi connectivity index (χ2v) is 9.40. The average Bonchev–Trinajstić information content (AvgIpc) is 3.41. The fraction of sp³-hybridized carbons (Fsp3) is 0.435. The van der Waals surface area contributed by atoms with Gasteiger partial charge < -0.3 is 15.2 Å². The number of ether oxygens (including phenoxy) is 1. The third-order valence-corrected chi connectivity index (χ3v) is 7.46. The van der Waals surface area contributed by atoms with Gasteiger partial charge in [-0.25, -0.2) is 9.18 Å². The number of nitrogens with one attached hydrogen (secondary N) is 1. The van der Waals surface area contributed by atoms with E-state index in [1.54, 1.807) is 19.1 Å². The van der Waals surface area contributed by atoms with E-state index in [4.69, 9.17) is 4.74 Å². The van der Waals surface area contributed by atoms with Gasteiger partial charge >= 0.3 is 11.9 Å². The Labute approximate surface area is 183 Å². The van der Waals surface area contributed by atoms with Crippen molar-refractivity contribution in [2.75, 3.05) is 11.9 Å². The molecule has 8 heteroatoms. The number of thiophene rings is 1. The highest BCUT2D eigenvalue weighted by Crippen LogP contribution is 2.53. The van der Waals surface area contributed by atoms with Crippen LogP contribution in [0.15, 0.2) is 24.3 Å². The van der Waals surface area contributed by atoms with Gasteiger partial charge in [-0.3, -0.25) is 9.59 Å². The number of carbonyl (C=O) groups excluding carboxylic acids is 2. The lowest BCUT2D eigenvalue weighted by Crippen LogP contribution is -2.37. The second kappa shape index (κ2) is 8.42. The molecule has 6 nitrogen and oxygen atoms in total. The van der Waals surface area contributed by atoms with E-state index in [0.29, 0.717) is 16.1 Å². The number of carbonyl (C=O) groups is 3. The van der Waals surface area contributed by atoms with Crippen molar-refractivity contribution in [1.29, 1.82) is 0 Å². The summed E-state index contributed by atoms with van der Waals surface area (Å²) in [5, 5.41) is 12.9. The number of carboxylic acids is 1. The van der Waals surface area contributed by atoms with Crippen molar-refractivity contribution < 1.29 is 28.6 Å². The first kappa shape index (κ1) is 21.5. The van der Waals surface area contributed by atoms with Crippen LogP contribution in [0.5, 0.6) is 0 Å². The van der Waals surface area contributed by atoms with E-state index in [0.717, 1.165) is 24.1 Å². The van der Waals surface area contributed by atoms with Crippen LogP contribution in [0, 0.1) is 36.4 Å². The molecule has 4 rings (SSSR count). The molecule has 0 spiro atoms. The maximum atomic E-state index is 13.4. The molecule has 2 N–H and O–H groups in total. The topological polar surface area (TPSA) is 92.7 Å². The number of aliphatic carboxylic acids is 1. The summed E-state index contributed by atoms with van der Waals surface area (Å²) in [7, 11) is 0. The van der Waals surface area contributed by atoms with Crippen molar-refractivity contribution in [1.82, 2.24) is 0 Å². The summed E-state index contributed by atoms with van der Waals surface area (Å²) in [5.74, 6) is -3.49. The van der Waals surface area contributed by atoms with Crippen LogP contribution < -0.4 is 5.32 Å². The Morgan fingerprint density at radius 3 is 2.42 bits per heavy atom. The van der Waals surface area contributed by atoms with Gasteiger partial charge in [0.15, 0.2) is 0 Å². The SMILES string of the molecule is CCOC(=O)c1c(NC(=O)[C@@H]2C3CCC(C3)C2C(=O)O)sc(C)c1-c1ccc(F)cc1. The summed E-state index contributed by atoms with van der Waals surface area (Å²) in [6.07, 6.45) is 2.44. The third kappa shape index (κ3) is 3.84. The van der Waals surface area contributed by atoms with Crippen LogP contribution in [0.4, 0.5) is 9.39 Å². The van der Waals surface area contributed by atoms with Crippen molar-refractivity contribution in [3.8, 4) is 11.1 Å². The molecule has 2 aliphatic rings. The molecule has 31 heavy (non-hydrogen) atoms. The third-order valence-electron chi connectivity index (χ3n) is 6.44. The standard InChI is InChI=1S/C23H24FNO5S/c1-3-30-23(29)19-16(12-6-8-15(24)9-7-12)11(2)31-21(19)25-20(26)17-13-4-5-14(10-13)18(17)22(27)28/h6-9,13-14,17-18H,3-5,10H2,1-2H3,(H,25,26)(H,27,28)/t13?,14?,17-,18?/m1/s1. The van der Waals surface area contributed by atoms with Crippen molar-refractivity contribution in [2.45, 2.75) is 33.1 Å². The average molecular weight is 446 g/mol. The van der Waals surface area contributed by atoms with E-state index in [1.165, 1.54) is 23.5 Å². The van der Waals surface area contributed by atoms with E-state index < -0.39 is 23.8 Å². The van der Waals surface area contributed by atoms with Gasteiger partial charge in [0.25, 0.3) is 0 Å². The Balaban J connectivity index is 1.70. The van der Waals surface area contributed by atoms with Crippen molar-refractivity contribution >= 4 is 34.2 Å². The molecule has 1 aromatic carbocycles. The van der Waals surface area contributed by atoms with Crippen LogP contribution >= 0.6 is 11.3 Å². The summed E-state index contributed by atoms with van der Waals surface area (Å²) in [6.45, 7) is 3.68. The number of benzene rings is 1. The van der Waals surface area contributed by atoms with Gasteiger partial charge in [0.05, 0.1) is 18.4 Å². The zero-order valence-electron chi connectivity index (χ0n) is 17.3. The summed E-state index contributed by atoms with van der Waals surface area (Å²) >= 11 is 1.24. The lowest BCUT2D eigenvalue weighted by molar-refractivity contribution is -0.148. The first-order valence-electron chi connectivity index (χ1n) is 10.4. The summed E-state index contributed by atoms with van der Waals surface area (Å²) in [6, 6.07) is 5.78. The van der Waals surface area contributed by atoms with Crippen molar-refractivity contribution in [3.05, 3.63) is 40.5 Å². The molecule has 0 radical (unpaired) electrons. The Morgan fingerprint density at radius 1 is 1.16 bits per heavy atom. The number of rotatable bonds is 6. The minimum atomic E-state index is -0.938. The zero-order valence-corrected chi connectivity index (χ0v) is 18.1. The predicted molar refractivity (Wildman–Crippen MR) is 114 cm³/mol. The zero-order chi connectivity index (χ0) is 22.3. The Kier molecular flexibility index (Phi) is 5.83. The largest absolute Gasteiger partial charge is 0.481 e. The maximum absolute atomic E-state index is 13.4. The van der Waals surface area contributed by atoms with E-state index in [2.05, 4.69) is 5.32 Å². The Bertz CT molecular complexity index is 1030. The molecule has 1 aromatic heterocycles. The lowest BCUT2D eigenvalue weighted by Gasteiger charge is -2.26. The summed E-state index contributed by atoms with van der Waals surface area (Å²) in [4.78, 5) is 38.6. The quantitative estimate of drug-likeness (QED) is 0.628. The van der Waals surface area contributed by atoms with Gasteiger partial charge in [-0.1, -0.05) is 12.1 Å². The van der Waals surface area contributed by atoms with Crippen molar-refractivity contribution in [2.24, 2.45) is 23.7 Å². The molecule has 2 aromatic rings. The van der Waals surface area contributed by atoms with Gasteiger partial charge in [0.2, 0.25) is 5.91 Å². The molecule has 2 saturated carbocycles. The smallest absolute Gasteiger partial charge is 0.341 e. The molecule has 1 amide bonds. The molecule has 1 heterocycles. The van der Waals surface area contributed by atoms with Gasteiger partial charge in [0, 0.05) is 10.4 Å². The molecule has 0 saturated heterocycles. The number of fused-ring (bicyclic) bond motifs is 2. The number of hydrogen-bond donors (Lipinski definition) is 2. The molecular formula is C23H24FNO5S. The molecule has 2 aliphatic carbocycles. The van der Waals surface area contributed by atoms with Crippen LogP contribution in [-0.2, 0) is 14.3 Å². The van der Waals surface area contributed by atoms with E-state index >= 15 is 0 Å². The van der Waals surface area contributed by atoms with Gasteiger partial charge in [-0.15, -0.1) is 11.3 Å². The Hall–Kier alpha value is -2.74. The van der Waals surface area contributed by atoms with Crippen LogP contribution in [-0.4, -0.2) is 29.6 Å². The molecule has 164 valence electrons. The van der Waals surface area contributed by atoms with Gasteiger partial charge in [-0.05, 0) is 62.6 Å². The first-order chi connectivity index (χ1) is 14.8. The number of hydrogen-bond acceptors (Lipinski definition) is 5. The van der Waals surface area contributed by atoms with Crippen LogP contribution in [0.3, 0.4) is 0 Å². The highest BCUT2D eigenvalue weighted by Gasteiger charge is 2.54. The minimum absolute atomic E-state index is 0.0302. The molecular weight excluding hydrogens is 421 g/mol. The highest BCUT2D eigenvalue weighted by molar-refractivity contribution is 7.17. The van der Waals surface area contributed by atoms with Crippen LogP contribution in [0.25, 0.3) is 11.1 Å². The monoisotopic (exact) mass is 445 g/mol. The Morgan fingerprint density at radius 2 is 1.81 bits per heavy atom. The fourth-order valence-corrected chi connectivity index (χ4v) is 6.28. The summed E-state index contributed by atoms with van der Waals surface area (Å²) < 4.78 is 18.6. The highest BCUT2D eigenvalue weighted by atomic mass is 32.1. The first-order valence-corrected chi connectivity index (χ1v) is 11.2. The van der Waals surface area contributed by atoms with E-state index in [1.807, 2.05) is 6.92 Å². The summed E-state index contributed by atoms with van der Waals surface area (Å²) in [5.41, 5.74) is 1.45. The molecule has 3 unspecified atom stereocenters. The number of anilines is 1. The number of amides is 1. The van der Waals surface area contributed by atoms with Crippen LogP contribution in [0.2, 0.25) is 0 Å². The fourth-order valence-electron chi connectivity index (χ4n) is 5.21. The minimum Gasteiger partial charge on any atom is -0.481 e. The van der Waals surface area contributed by atoms with E-state index in [9.17, 15) is 23.9 Å². The molecule has 4 atom stereocenters. The van der Waals surface area contributed by atoms with Crippen molar-refractivity contribution in [3.63, 3.8) is 0 Å². The molecule has 2 bridgehead atoms. The van der Waals surface area contributed by atoms with Gasteiger partial charge in [0.1, 0.15) is 16.4 Å².